The van der Waals surface area contributed by atoms with Crippen molar-refractivity contribution in [1.29, 1.82) is 0 Å². The van der Waals surface area contributed by atoms with Gasteiger partial charge in [-0.1, -0.05) is 53.8 Å². The van der Waals surface area contributed by atoms with Gasteiger partial charge in [0.2, 0.25) is 0 Å². The SMILES string of the molecule is CCOC(=O)C1=C(C)N=c2s/c(=C\c3cn(CCOc4ccccc4F)c4ccccc34)c(=O)n2C1c1c(OC)ccc2ccc(OC)cc12. The molecule has 0 bridgehead atoms. The van der Waals surface area contributed by atoms with Crippen molar-refractivity contribution in [2.24, 2.45) is 4.99 Å². The van der Waals surface area contributed by atoms with Crippen molar-refractivity contribution in [2.45, 2.75) is 26.4 Å². The van der Waals surface area contributed by atoms with E-state index >= 15 is 0 Å². The second-order valence-corrected chi connectivity index (χ2v) is 12.7. The minimum absolute atomic E-state index is 0.155. The second kappa shape index (κ2) is 13.7. The van der Waals surface area contributed by atoms with E-state index in [1.807, 2.05) is 71.4 Å². The van der Waals surface area contributed by atoms with Crippen LogP contribution in [0.15, 0.2) is 106 Å². The first-order valence-corrected chi connectivity index (χ1v) is 16.9. The third kappa shape index (κ3) is 5.83. The van der Waals surface area contributed by atoms with Crippen molar-refractivity contribution >= 4 is 45.1 Å². The van der Waals surface area contributed by atoms with E-state index in [1.165, 1.54) is 17.4 Å². The topological polar surface area (TPSA) is 93.3 Å². The Bertz CT molecular complexity index is 2490. The van der Waals surface area contributed by atoms with Gasteiger partial charge in [-0.25, -0.2) is 14.2 Å². The fourth-order valence-electron chi connectivity index (χ4n) is 6.49. The van der Waals surface area contributed by atoms with E-state index < -0.39 is 17.8 Å². The molecule has 9 nitrogen and oxygen atoms in total. The van der Waals surface area contributed by atoms with Gasteiger partial charge in [-0.2, -0.15) is 0 Å². The lowest BCUT2D eigenvalue weighted by molar-refractivity contribution is -0.139. The lowest BCUT2D eigenvalue weighted by atomic mass is 9.90. The van der Waals surface area contributed by atoms with Crippen LogP contribution in [0.3, 0.4) is 0 Å². The summed E-state index contributed by atoms with van der Waals surface area (Å²) >= 11 is 1.25. The summed E-state index contributed by atoms with van der Waals surface area (Å²) in [5, 5.41) is 2.58. The van der Waals surface area contributed by atoms with Crippen molar-refractivity contribution in [1.82, 2.24) is 9.13 Å². The largest absolute Gasteiger partial charge is 0.497 e. The maximum atomic E-state index is 14.6. The van der Waals surface area contributed by atoms with Crippen molar-refractivity contribution in [3.63, 3.8) is 0 Å². The summed E-state index contributed by atoms with van der Waals surface area (Å²) in [7, 11) is 3.15. The normalized spacial score (nSPS) is 14.5. The zero-order valence-corrected chi connectivity index (χ0v) is 28.8. The fourth-order valence-corrected chi connectivity index (χ4v) is 7.52. The minimum atomic E-state index is -0.893. The number of carbonyl (C=O) groups excluding carboxylic acids is 1. The number of carbonyl (C=O) groups is 1. The number of fused-ring (bicyclic) bond motifs is 3. The molecule has 7 rings (SSSR count). The second-order valence-electron chi connectivity index (χ2n) is 11.6. The molecule has 11 heteroatoms. The summed E-state index contributed by atoms with van der Waals surface area (Å²) in [5.74, 6) is 0.339. The molecule has 0 saturated heterocycles. The summed E-state index contributed by atoms with van der Waals surface area (Å²) in [5.41, 5.74) is 2.79. The number of hydrogen-bond donors (Lipinski definition) is 0. The van der Waals surface area contributed by atoms with Crippen LogP contribution in [0.1, 0.15) is 31.0 Å². The number of para-hydroxylation sites is 2. The molecule has 0 N–H and O–H groups in total. The first-order chi connectivity index (χ1) is 24.3. The average Bonchev–Trinajstić information content (AvgIpc) is 3.63. The summed E-state index contributed by atoms with van der Waals surface area (Å²) in [6, 6.07) is 22.7. The summed E-state index contributed by atoms with van der Waals surface area (Å²) < 4.78 is 40.9. The minimum Gasteiger partial charge on any atom is -0.497 e. The summed E-state index contributed by atoms with van der Waals surface area (Å²) in [4.78, 5) is 33.4. The van der Waals surface area contributed by atoms with Crippen LogP contribution in [0.5, 0.6) is 17.2 Å². The average molecular weight is 692 g/mol. The van der Waals surface area contributed by atoms with Gasteiger partial charge < -0.3 is 23.5 Å². The molecule has 3 heterocycles. The maximum absolute atomic E-state index is 14.6. The fraction of sp³-hybridized carbons (Fsp3) is 0.205. The number of esters is 1. The van der Waals surface area contributed by atoms with Crippen LogP contribution in [0.2, 0.25) is 0 Å². The van der Waals surface area contributed by atoms with E-state index in [0.717, 1.165) is 27.2 Å². The number of ether oxygens (including phenoxy) is 4. The molecule has 254 valence electrons. The Morgan fingerprint density at radius 3 is 2.54 bits per heavy atom. The Balaban J connectivity index is 1.38. The number of aromatic nitrogens is 2. The van der Waals surface area contributed by atoms with Crippen molar-refractivity contribution in [2.75, 3.05) is 27.4 Å². The first kappa shape index (κ1) is 32.8. The Hall–Kier alpha value is -5.68. The van der Waals surface area contributed by atoms with Crippen molar-refractivity contribution in [3.05, 3.63) is 133 Å². The van der Waals surface area contributed by atoms with Crippen molar-refractivity contribution in [3.8, 4) is 17.2 Å². The van der Waals surface area contributed by atoms with Gasteiger partial charge in [0.15, 0.2) is 16.4 Å². The molecule has 1 aliphatic heterocycles. The Morgan fingerprint density at radius 2 is 1.76 bits per heavy atom. The van der Waals surface area contributed by atoms with Crippen LogP contribution >= 0.6 is 11.3 Å². The number of hydrogen-bond acceptors (Lipinski definition) is 8. The van der Waals surface area contributed by atoms with Crippen LogP contribution in [0.25, 0.3) is 27.8 Å². The van der Waals surface area contributed by atoms with Gasteiger partial charge in [0.25, 0.3) is 5.56 Å². The highest BCUT2D eigenvalue weighted by molar-refractivity contribution is 7.07. The zero-order valence-electron chi connectivity index (χ0n) is 27.9. The summed E-state index contributed by atoms with van der Waals surface area (Å²) in [6.45, 7) is 4.35. The molecule has 4 aromatic carbocycles. The Kier molecular flexibility index (Phi) is 8.98. The van der Waals surface area contributed by atoms with E-state index in [2.05, 4.69) is 0 Å². The van der Waals surface area contributed by atoms with E-state index in [-0.39, 0.29) is 30.1 Å². The smallest absolute Gasteiger partial charge is 0.338 e. The molecule has 0 radical (unpaired) electrons. The van der Waals surface area contributed by atoms with Gasteiger partial charge in [0, 0.05) is 28.2 Å². The number of thiazole rings is 1. The van der Waals surface area contributed by atoms with E-state index in [0.29, 0.717) is 38.6 Å². The van der Waals surface area contributed by atoms with Crippen LogP contribution in [-0.4, -0.2) is 42.5 Å². The molecule has 0 aliphatic carbocycles. The number of methoxy groups -OCH3 is 2. The number of benzene rings is 4. The molecule has 2 aromatic heterocycles. The molecule has 0 saturated carbocycles. The van der Waals surface area contributed by atoms with Gasteiger partial charge >= 0.3 is 5.97 Å². The number of rotatable bonds is 10. The Morgan fingerprint density at radius 1 is 0.980 bits per heavy atom. The third-order valence-electron chi connectivity index (χ3n) is 8.77. The molecule has 6 aromatic rings. The van der Waals surface area contributed by atoms with Crippen LogP contribution < -0.4 is 29.1 Å². The number of allylic oxidation sites excluding steroid dienone is 1. The molecular formula is C39H34FN3O6S. The van der Waals surface area contributed by atoms with Crippen molar-refractivity contribution < 1.29 is 28.1 Å². The van der Waals surface area contributed by atoms with Crippen LogP contribution in [0.4, 0.5) is 4.39 Å². The van der Waals surface area contributed by atoms with Crippen LogP contribution in [-0.2, 0) is 16.1 Å². The molecule has 1 atom stereocenters. The Labute approximate surface area is 290 Å². The van der Waals surface area contributed by atoms with Crippen LogP contribution in [0, 0.1) is 5.82 Å². The molecule has 1 aliphatic rings. The molecule has 0 amide bonds. The highest BCUT2D eigenvalue weighted by Gasteiger charge is 2.36. The van der Waals surface area contributed by atoms with Gasteiger partial charge in [-0.15, -0.1) is 0 Å². The van der Waals surface area contributed by atoms with Gasteiger partial charge in [-0.3, -0.25) is 9.36 Å². The standard InChI is InChI=1S/C39H34FN3O6S/c1-5-48-38(45)34-23(2)41-39-43(36(34)35-28-21-26(46-3)16-14-24(28)15-17-32(35)47-4)37(44)33(50-39)20-25-22-42(30-12-8-6-10-27(25)30)18-19-49-31-13-9-7-11-29(31)40/h6-17,20-22,36H,5,18-19H2,1-4H3/b33-20-. The van der Waals surface area contributed by atoms with E-state index in [9.17, 15) is 14.0 Å². The molecule has 0 fully saturated rings. The highest BCUT2D eigenvalue weighted by Crippen LogP contribution is 2.41. The van der Waals surface area contributed by atoms with E-state index in [1.54, 1.807) is 50.8 Å². The van der Waals surface area contributed by atoms with Gasteiger partial charge in [0.05, 0.1) is 43.2 Å². The zero-order chi connectivity index (χ0) is 34.9. The quantitative estimate of drug-likeness (QED) is 0.160. The maximum Gasteiger partial charge on any atom is 0.338 e. The molecule has 0 spiro atoms. The number of nitrogens with zero attached hydrogens (tertiary/aromatic N) is 3. The van der Waals surface area contributed by atoms with E-state index in [4.69, 9.17) is 23.9 Å². The van der Waals surface area contributed by atoms with Gasteiger partial charge in [0.1, 0.15) is 24.1 Å². The lowest BCUT2D eigenvalue weighted by Crippen LogP contribution is -2.40. The first-order valence-electron chi connectivity index (χ1n) is 16.1. The summed E-state index contributed by atoms with van der Waals surface area (Å²) in [6.07, 6.45) is 3.81. The predicted molar refractivity (Wildman–Crippen MR) is 191 cm³/mol. The predicted octanol–water partition coefficient (Wildman–Crippen LogP) is 6.14. The van der Waals surface area contributed by atoms with Gasteiger partial charge in [-0.05, 0) is 67.1 Å². The molecule has 1 unspecified atom stereocenters. The molecule has 50 heavy (non-hydrogen) atoms. The molecular weight excluding hydrogens is 658 g/mol. The number of halogens is 1. The third-order valence-corrected chi connectivity index (χ3v) is 9.76. The monoisotopic (exact) mass is 691 g/mol. The lowest BCUT2D eigenvalue weighted by Gasteiger charge is -2.27. The highest BCUT2D eigenvalue weighted by atomic mass is 32.1.